The summed E-state index contributed by atoms with van der Waals surface area (Å²) in [5.74, 6) is 0.966. The second-order valence-corrected chi connectivity index (χ2v) is 24.6. The van der Waals surface area contributed by atoms with Crippen LogP contribution < -0.4 is 4.90 Å². The molecule has 0 spiro atoms. The Bertz CT molecular complexity index is 3970. The van der Waals surface area contributed by atoms with Gasteiger partial charge in [-0.2, -0.15) is 0 Å². The molecule has 0 radical (unpaired) electrons. The minimum atomic E-state index is -0.302. The molecule has 0 saturated heterocycles. The number of para-hydroxylation sites is 3. The van der Waals surface area contributed by atoms with Crippen molar-refractivity contribution in [1.29, 1.82) is 0 Å². The number of allylic oxidation sites excluding steroid dienone is 9. The zero-order valence-electron chi connectivity index (χ0n) is 44.6. The molecule has 7 aromatic carbocycles. The van der Waals surface area contributed by atoms with E-state index >= 15 is 0 Å². The summed E-state index contributed by atoms with van der Waals surface area (Å²) < 4.78 is 13.9. The molecule has 0 saturated carbocycles. The first kappa shape index (κ1) is 46.2. The Labute approximate surface area is 436 Å². The minimum absolute atomic E-state index is 0.0738. The van der Waals surface area contributed by atoms with E-state index in [-0.39, 0.29) is 21.7 Å². The average molecular weight is 964 g/mol. The molecule has 3 heteroatoms. The van der Waals surface area contributed by atoms with E-state index in [2.05, 4.69) is 250 Å². The first-order valence-corrected chi connectivity index (χ1v) is 26.7. The summed E-state index contributed by atoms with van der Waals surface area (Å²) in [4.78, 5) is 2.47. The SMILES string of the molecule is CC(C)(C)Cc1ccc(-c2cc3c(c4c2oc2ccccc24)-c2ccc(N(c4ccccc4)c4ccc5c(c4)C(C)(C)C4=C5c5c(oc6ccccc56)C(C5=CCC=C(C(C)(C)C)C=C5)=CC4)cc2C3(C)C)cc1. The van der Waals surface area contributed by atoms with Crippen LogP contribution in [0.25, 0.3) is 66.3 Å². The maximum atomic E-state index is 7.00. The van der Waals surface area contributed by atoms with E-state index in [0.29, 0.717) is 0 Å². The normalized spacial score (nSPS) is 16.5. The van der Waals surface area contributed by atoms with Crippen LogP contribution in [0.4, 0.5) is 17.1 Å². The molecule has 0 unspecified atom stereocenters. The second kappa shape index (κ2) is 16.4. The van der Waals surface area contributed by atoms with Crippen LogP contribution in [0.3, 0.4) is 0 Å². The summed E-state index contributed by atoms with van der Waals surface area (Å²) in [6, 6.07) is 54.1. The lowest BCUT2D eigenvalue weighted by atomic mass is 9.79. The van der Waals surface area contributed by atoms with Crippen molar-refractivity contribution >= 4 is 61.1 Å². The van der Waals surface area contributed by atoms with E-state index < -0.39 is 0 Å². The van der Waals surface area contributed by atoms with Gasteiger partial charge in [0.15, 0.2) is 0 Å². The Kier molecular flexibility index (Phi) is 10.3. The van der Waals surface area contributed by atoms with Gasteiger partial charge in [-0.05, 0) is 151 Å². The van der Waals surface area contributed by atoms with Gasteiger partial charge in [-0.1, -0.05) is 191 Å². The van der Waals surface area contributed by atoms with Gasteiger partial charge in [-0.3, -0.25) is 0 Å². The maximum absolute atomic E-state index is 7.00. The number of nitrogens with zero attached hydrogens (tertiary/aromatic N) is 1. The number of hydrogen-bond donors (Lipinski definition) is 0. The van der Waals surface area contributed by atoms with Crippen LogP contribution in [0.5, 0.6) is 0 Å². The van der Waals surface area contributed by atoms with E-state index in [9.17, 15) is 0 Å². The summed E-state index contributed by atoms with van der Waals surface area (Å²) in [5, 5.41) is 3.52. The number of fused-ring (bicyclic) bond motifs is 13. The Morgan fingerprint density at radius 1 is 0.541 bits per heavy atom. The summed E-state index contributed by atoms with van der Waals surface area (Å²) in [5.41, 5.74) is 25.1. The third-order valence-corrected chi connectivity index (χ3v) is 16.7. The van der Waals surface area contributed by atoms with Crippen molar-refractivity contribution in [2.75, 3.05) is 4.90 Å². The largest absolute Gasteiger partial charge is 0.455 e. The fourth-order valence-corrected chi connectivity index (χ4v) is 13.0. The summed E-state index contributed by atoms with van der Waals surface area (Å²) >= 11 is 0. The van der Waals surface area contributed by atoms with Crippen molar-refractivity contribution in [1.82, 2.24) is 0 Å². The first-order valence-electron chi connectivity index (χ1n) is 26.7. The Morgan fingerprint density at radius 2 is 1.19 bits per heavy atom. The highest BCUT2D eigenvalue weighted by atomic mass is 16.3. The maximum Gasteiger partial charge on any atom is 0.143 e. The molecule has 0 aliphatic heterocycles. The predicted molar refractivity (Wildman–Crippen MR) is 312 cm³/mol. The van der Waals surface area contributed by atoms with Crippen LogP contribution in [0.15, 0.2) is 202 Å². The number of furan rings is 2. The molecule has 0 bridgehead atoms. The van der Waals surface area contributed by atoms with Crippen LogP contribution in [0.2, 0.25) is 0 Å². The molecule has 9 aromatic rings. The summed E-state index contributed by atoms with van der Waals surface area (Å²) in [7, 11) is 0. The van der Waals surface area contributed by atoms with Crippen LogP contribution in [-0.2, 0) is 17.3 Å². The van der Waals surface area contributed by atoms with Crippen molar-refractivity contribution in [3.05, 3.63) is 232 Å². The number of rotatable bonds is 6. The zero-order chi connectivity index (χ0) is 51.1. The molecule has 0 amide bonds. The molecule has 4 aliphatic rings. The van der Waals surface area contributed by atoms with E-state index in [1.807, 2.05) is 0 Å². The average Bonchev–Trinajstić information content (AvgIpc) is 3.95. The van der Waals surface area contributed by atoms with E-state index in [1.165, 1.54) is 83.3 Å². The lowest BCUT2D eigenvalue weighted by molar-refractivity contribution is 0.411. The molecule has 366 valence electrons. The van der Waals surface area contributed by atoms with E-state index in [0.717, 1.165) is 75.2 Å². The molecule has 3 nitrogen and oxygen atoms in total. The van der Waals surface area contributed by atoms with Gasteiger partial charge in [0, 0.05) is 60.8 Å². The van der Waals surface area contributed by atoms with Gasteiger partial charge in [-0.25, -0.2) is 0 Å². The highest BCUT2D eigenvalue weighted by Crippen LogP contribution is 2.59. The van der Waals surface area contributed by atoms with Gasteiger partial charge in [0.1, 0.15) is 22.5 Å². The fraction of sp³-hybridized carbons (Fsp3) is 0.239. The van der Waals surface area contributed by atoms with Crippen LogP contribution in [0, 0.1) is 10.8 Å². The molecule has 2 heterocycles. The van der Waals surface area contributed by atoms with Gasteiger partial charge in [0.2, 0.25) is 0 Å². The summed E-state index contributed by atoms with van der Waals surface area (Å²) in [6.07, 6.45) is 14.6. The lowest BCUT2D eigenvalue weighted by Crippen LogP contribution is -2.19. The van der Waals surface area contributed by atoms with Crippen molar-refractivity contribution in [3.63, 3.8) is 0 Å². The molecular weight excluding hydrogens is 899 g/mol. The quantitative estimate of drug-likeness (QED) is 0.166. The number of anilines is 3. The fourth-order valence-electron chi connectivity index (χ4n) is 13.0. The van der Waals surface area contributed by atoms with Crippen molar-refractivity contribution in [3.8, 4) is 22.3 Å². The molecule has 0 fully saturated rings. The van der Waals surface area contributed by atoms with Crippen molar-refractivity contribution in [2.45, 2.75) is 99.3 Å². The predicted octanol–water partition coefficient (Wildman–Crippen LogP) is 20.1. The highest BCUT2D eigenvalue weighted by Gasteiger charge is 2.43. The number of hydrogen-bond acceptors (Lipinski definition) is 3. The Morgan fingerprint density at radius 3 is 1.89 bits per heavy atom. The molecule has 4 aliphatic carbocycles. The molecule has 13 rings (SSSR count). The van der Waals surface area contributed by atoms with Crippen LogP contribution in [0.1, 0.15) is 121 Å². The molecular formula is C71H65NO2. The van der Waals surface area contributed by atoms with Gasteiger partial charge in [0.25, 0.3) is 0 Å². The molecule has 2 aromatic heterocycles. The monoisotopic (exact) mass is 964 g/mol. The van der Waals surface area contributed by atoms with E-state index in [1.54, 1.807) is 0 Å². The van der Waals surface area contributed by atoms with Crippen LogP contribution in [-0.4, -0.2) is 0 Å². The number of benzene rings is 7. The van der Waals surface area contributed by atoms with Crippen LogP contribution >= 0.6 is 0 Å². The lowest BCUT2D eigenvalue weighted by Gasteiger charge is -2.30. The summed E-state index contributed by atoms with van der Waals surface area (Å²) in [6.45, 7) is 23.5. The second-order valence-electron chi connectivity index (χ2n) is 24.6. The Balaban J connectivity index is 0.932. The zero-order valence-corrected chi connectivity index (χ0v) is 44.6. The van der Waals surface area contributed by atoms with Gasteiger partial charge < -0.3 is 13.7 Å². The molecule has 0 atom stereocenters. The van der Waals surface area contributed by atoms with Gasteiger partial charge in [-0.15, -0.1) is 0 Å². The molecule has 74 heavy (non-hydrogen) atoms. The van der Waals surface area contributed by atoms with Gasteiger partial charge >= 0.3 is 0 Å². The standard InChI is InChI=1S/C71H65NO2/c1-68(2,3)42-43-27-29-45(30-28-43)55-41-59-63(65-54-24-15-17-26-61(54)74-67(55)65)52-36-34-49(40-58(52)71(59,9)10)72(47-21-12-11-13-22-47)48-33-35-51-57(39-48)70(7,8)56-38-37-50(44-19-18-20-46(32-31-44)69(4,5)6)66-64(62(51)56)53-23-14-16-25-60(53)73-66/h11-17,19-37,39-41H,18,38,42H2,1-10H3. The van der Waals surface area contributed by atoms with Gasteiger partial charge in [0.05, 0.1) is 0 Å². The third-order valence-electron chi connectivity index (χ3n) is 16.7. The van der Waals surface area contributed by atoms with Crippen molar-refractivity contribution in [2.24, 2.45) is 10.8 Å². The topological polar surface area (TPSA) is 29.5 Å². The minimum Gasteiger partial charge on any atom is -0.455 e. The smallest absolute Gasteiger partial charge is 0.143 e. The molecule has 0 N–H and O–H groups in total. The van der Waals surface area contributed by atoms with E-state index in [4.69, 9.17) is 8.83 Å². The first-order chi connectivity index (χ1) is 35.5. The highest BCUT2D eigenvalue weighted by molar-refractivity contribution is 6.19. The van der Waals surface area contributed by atoms with Crippen molar-refractivity contribution < 1.29 is 8.83 Å². The Hall–Kier alpha value is -7.62. The third kappa shape index (κ3) is 7.21.